The fraction of sp³-hybridized carbons (Fsp3) is 0.400. The minimum Gasteiger partial charge on any atom is -0.491 e. The van der Waals surface area contributed by atoms with Crippen molar-refractivity contribution in [1.82, 2.24) is 0 Å². The smallest absolute Gasteiger partial charge is 0.137 e. The van der Waals surface area contributed by atoms with Crippen LogP contribution in [0, 0.1) is 0 Å². The molecule has 0 saturated carbocycles. The quantitative estimate of drug-likeness (QED) is 0.590. The monoisotopic (exact) mass is 338 g/mol. The van der Waals surface area contributed by atoms with E-state index in [1.165, 1.54) is 5.56 Å². The molecule has 14 heavy (non-hydrogen) atoms. The van der Waals surface area contributed by atoms with Crippen molar-refractivity contribution in [1.29, 1.82) is 0 Å². The molecule has 0 amide bonds. The van der Waals surface area contributed by atoms with Crippen LogP contribution in [0.4, 0.5) is 0 Å². The maximum absolute atomic E-state index is 5.70. The third-order valence-electron chi connectivity index (χ3n) is 1.73. The second-order valence-electron chi connectivity index (χ2n) is 2.70. The van der Waals surface area contributed by atoms with Gasteiger partial charge in [0.15, 0.2) is 0 Å². The molecule has 1 aromatic rings. The van der Waals surface area contributed by atoms with Crippen LogP contribution in [0.1, 0.15) is 5.56 Å². The number of ether oxygens (including phenoxy) is 1. The summed E-state index contributed by atoms with van der Waals surface area (Å²) in [4.78, 5) is 0. The molecule has 0 heterocycles. The summed E-state index contributed by atoms with van der Waals surface area (Å²) in [5.41, 5.74) is 1.18. The van der Waals surface area contributed by atoms with Gasteiger partial charge in [-0.15, -0.1) is 0 Å². The van der Waals surface area contributed by atoms with Crippen LogP contribution in [0.2, 0.25) is 0 Å². The maximum Gasteiger partial charge on any atom is 0.137 e. The Bertz CT molecular complexity index is 291. The van der Waals surface area contributed by atoms with Gasteiger partial charge in [0.25, 0.3) is 0 Å². The van der Waals surface area contributed by atoms with E-state index < -0.39 is 0 Å². The number of rotatable bonds is 5. The van der Waals surface area contributed by atoms with Gasteiger partial charge in [-0.2, -0.15) is 11.8 Å². The number of para-hydroxylation sites is 1. The minimum absolute atomic E-state index is 0.754. The average molecular weight is 340 g/mol. The number of hydrogen-bond donors (Lipinski definition) is 0. The highest BCUT2D eigenvalue weighted by molar-refractivity contribution is 9.10. The van der Waals surface area contributed by atoms with Crippen molar-refractivity contribution in [3.63, 3.8) is 0 Å². The standard InChI is InChI=1S/C10H12Br2OS/c1-14-6-5-13-10-8(7-11)3-2-4-9(10)12/h2-4H,5-7H2,1H3. The highest BCUT2D eigenvalue weighted by atomic mass is 79.9. The first-order valence-electron chi connectivity index (χ1n) is 4.24. The van der Waals surface area contributed by atoms with Gasteiger partial charge < -0.3 is 4.74 Å². The molecule has 0 unspecified atom stereocenters. The average Bonchev–Trinajstić information content (AvgIpc) is 2.20. The molecule has 4 heteroatoms. The van der Waals surface area contributed by atoms with E-state index in [9.17, 15) is 0 Å². The third-order valence-corrected chi connectivity index (χ3v) is 3.53. The highest BCUT2D eigenvalue weighted by Gasteiger charge is 2.06. The molecule has 0 radical (unpaired) electrons. The summed E-state index contributed by atoms with van der Waals surface area (Å²) in [6.45, 7) is 0.754. The molecular formula is C10H12Br2OS. The Labute approximate surface area is 106 Å². The van der Waals surface area contributed by atoms with Gasteiger partial charge in [0.2, 0.25) is 0 Å². The van der Waals surface area contributed by atoms with Gasteiger partial charge in [-0.1, -0.05) is 28.1 Å². The molecule has 0 N–H and O–H groups in total. The largest absolute Gasteiger partial charge is 0.491 e. The van der Waals surface area contributed by atoms with E-state index in [1.807, 2.05) is 12.1 Å². The zero-order valence-corrected chi connectivity index (χ0v) is 11.9. The predicted octanol–water partition coefficient (Wildman–Crippen LogP) is 4.09. The van der Waals surface area contributed by atoms with Crippen molar-refractivity contribution < 1.29 is 4.74 Å². The Morgan fingerprint density at radius 3 is 2.86 bits per heavy atom. The van der Waals surface area contributed by atoms with E-state index in [4.69, 9.17) is 4.74 Å². The van der Waals surface area contributed by atoms with E-state index in [2.05, 4.69) is 44.2 Å². The van der Waals surface area contributed by atoms with Crippen LogP contribution in [-0.2, 0) is 5.33 Å². The molecule has 78 valence electrons. The van der Waals surface area contributed by atoms with Crippen molar-refractivity contribution in [3.8, 4) is 5.75 Å². The number of alkyl halides is 1. The fourth-order valence-electron chi connectivity index (χ4n) is 1.05. The lowest BCUT2D eigenvalue weighted by molar-refractivity contribution is 0.339. The van der Waals surface area contributed by atoms with Gasteiger partial charge in [0, 0.05) is 16.6 Å². The van der Waals surface area contributed by atoms with Crippen molar-refractivity contribution in [2.24, 2.45) is 0 Å². The number of hydrogen-bond acceptors (Lipinski definition) is 2. The van der Waals surface area contributed by atoms with Crippen LogP contribution in [-0.4, -0.2) is 18.6 Å². The molecular weight excluding hydrogens is 328 g/mol. The van der Waals surface area contributed by atoms with E-state index in [0.717, 1.165) is 27.9 Å². The Morgan fingerprint density at radius 2 is 2.21 bits per heavy atom. The summed E-state index contributed by atoms with van der Waals surface area (Å²) >= 11 is 8.72. The van der Waals surface area contributed by atoms with Crippen molar-refractivity contribution in [2.75, 3.05) is 18.6 Å². The van der Waals surface area contributed by atoms with E-state index in [0.29, 0.717) is 0 Å². The first-order chi connectivity index (χ1) is 6.79. The molecule has 0 saturated heterocycles. The lowest BCUT2D eigenvalue weighted by Crippen LogP contribution is -2.02. The normalized spacial score (nSPS) is 10.2. The molecule has 0 atom stereocenters. The van der Waals surface area contributed by atoms with Crippen LogP contribution in [0.5, 0.6) is 5.75 Å². The molecule has 1 rings (SSSR count). The molecule has 1 aromatic carbocycles. The number of benzene rings is 1. The van der Waals surface area contributed by atoms with Crippen LogP contribution in [0.3, 0.4) is 0 Å². The van der Waals surface area contributed by atoms with E-state index in [1.54, 1.807) is 11.8 Å². The van der Waals surface area contributed by atoms with Crippen molar-refractivity contribution >= 4 is 43.6 Å². The molecule has 0 aliphatic carbocycles. The second kappa shape index (κ2) is 6.75. The molecule has 0 bridgehead atoms. The number of halogens is 2. The summed E-state index contributed by atoms with van der Waals surface area (Å²) in [7, 11) is 0. The van der Waals surface area contributed by atoms with Crippen LogP contribution >= 0.6 is 43.6 Å². The second-order valence-corrected chi connectivity index (χ2v) is 5.10. The Kier molecular flexibility index (Phi) is 5.98. The lowest BCUT2D eigenvalue weighted by atomic mass is 10.2. The first-order valence-corrected chi connectivity index (χ1v) is 7.55. The van der Waals surface area contributed by atoms with Crippen LogP contribution < -0.4 is 4.74 Å². The number of thioether (sulfide) groups is 1. The van der Waals surface area contributed by atoms with E-state index >= 15 is 0 Å². The molecule has 1 nitrogen and oxygen atoms in total. The zero-order chi connectivity index (χ0) is 10.4. The van der Waals surface area contributed by atoms with Gasteiger partial charge in [-0.05, 0) is 28.3 Å². The minimum atomic E-state index is 0.754. The third kappa shape index (κ3) is 3.48. The lowest BCUT2D eigenvalue weighted by Gasteiger charge is -2.11. The van der Waals surface area contributed by atoms with Gasteiger partial charge in [-0.3, -0.25) is 0 Å². The first kappa shape index (κ1) is 12.4. The van der Waals surface area contributed by atoms with Crippen molar-refractivity contribution in [2.45, 2.75) is 5.33 Å². The summed E-state index contributed by atoms with van der Waals surface area (Å²) < 4.78 is 6.73. The summed E-state index contributed by atoms with van der Waals surface area (Å²) in [6, 6.07) is 6.08. The topological polar surface area (TPSA) is 9.23 Å². The summed E-state index contributed by atoms with van der Waals surface area (Å²) in [5.74, 6) is 1.97. The molecule has 0 aliphatic heterocycles. The molecule has 0 aliphatic rings. The Morgan fingerprint density at radius 1 is 1.43 bits per heavy atom. The molecule has 0 aromatic heterocycles. The van der Waals surface area contributed by atoms with E-state index in [-0.39, 0.29) is 0 Å². The van der Waals surface area contributed by atoms with Gasteiger partial charge >= 0.3 is 0 Å². The predicted molar refractivity (Wildman–Crippen MR) is 70.7 cm³/mol. The molecule has 0 fully saturated rings. The summed E-state index contributed by atoms with van der Waals surface area (Å²) in [5, 5.41) is 0.820. The Balaban J connectivity index is 2.72. The van der Waals surface area contributed by atoms with Gasteiger partial charge in [-0.25, -0.2) is 0 Å². The zero-order valence-electron chi connectivity index (χ0n) is 7.93. The molecule has 0 spiro atoms. The Hall–Kier alpha value is 0.330. The highest BCUT2D eigenvalue weighted by Crippen LogP contribution is 2.30. The van der Waals surface area contributed by atoms with Gasteiger partial charge in [0.05, 0.1) is 11.1 Å². The maximum atomic E-state index is 5.70. The summed E-state index contributed by atoms with van der Waals surface area (Å²) in [6.07, 6.45) is 2.08. The van der Waals surface area contributed by atoms with Gasteiger partial charge in [0.1, 0.15) is 5.75 Å². The SMILES string of the molecule is CSCCOc1c(Br)cccc1CBr. The van der Waals surface area contributed by atoms with Crippen LogP contribution in [0.25, 0.3) is 0 Å². The fourth-order valence-corrected chi connectivity index (χ4v) is 2.26. The van der Waals surface area contributed by atoms with Crippen molar-refractivity contribution in [3.05, 3.63) is 28.2 Å². The van der Waals surface area contributed by atoms with Crippen LogP contribution in [0.15, 0.2) is 22.7 Å².